The summed E-state index contributed by atoms with van der Waals surface area (Å²) in [6.45, 7) is 6.92. The first-order valence-electron chi connectivity index (χ1n) is 3.75. The maximum Gasteiger partial charge on any atom is 1.00 e. The second kappa shape index (κ2) is 19.6. The van der Waals surface area contributed by atoms with Crippen molar-refractivity contribution >= 4 is 16.2 Å². The molecule has 0 bridgehead atoms. The Morgan fingerprint density at radius 1 is 1.23 bits per heavy atom. The van der Waals surface area contributed by atoms with Gasteiger partial charge in [0.1, 0.15) is 0 Å². The van der Waals surface area contributed by atoms with Gasteiger partial charge in [-0.25, -0.2) is 0 Å². The number of rotatable bonds is 3. The van der Waals surface area contributed by atoms with Crippen molar-refractivity contribution in [2.75, 3.05) is 18.5 Å². The molecule has 0 aliphatic carbocycles. The van der Waals surface area contributed by atoms with Gasteiger partial charge in [-0.05, 0) is 33.3 Å². The molecule has 0 amide bonds. The number of hydrogen-bond acceptors (Lipinski definition) is 3. The van der Waals surface area contributed by atoms with Crippen LogP contribution >= 0.6 is 16.2 Å². The van der Waals surface area contributed by atoms with Gasteiger partial charge in [0.25, 0.3) is 0 Å². The van der Waals surface area contributed by atoms with Crippen LogP contribution in [-0.2, 0) is 4.57 Å². The van der Waals surface area contributed by atoms with Crippen LogP contribution in [0.15, 0.2) is 0 Å². The van der Waals surface area contributed by atoms with E-state index >= 15 is 0 Å². The summed E-state index contributed by atoms with van der Waals surface area (Å²) in [5, 5.41) is 0. The van der Waals surface area contributed by atoms with Crippen LogP contribution < -0.4 is 56.3 Å². The van der Waals surface area contributed by atoms with Gasteiger partial charge in [-0.3, -0.25) is 0 Å². The molecule has 0 radical (unpaired) electrons. The van der Waals surface area contributed by atoms with Gasteiger partial charge in [-0.1, -0.05) is 0 Å². The van der Waals surface area contributed by atoms with Crippen molar-refractivity contribution in [2.24, 2.45) is 0 Å². The first-order valence-corrected chi connectivity index (χ1v) is 7.00. The molecule has 0 aliphatic heterocycles. The van der Waals surface area contributed by atoms with Gasteiger partial charge in [-0.2, -0.15) is 4.89 Å². The zero-order valence-electron chi connectivity index (χ0n) is 8.78. The smallest absolute Gasteiger partial charge is 0.870 e. The molecule has 76 valence electrons. The molecule has 0 fully saturated rings. The minimum absolute atomic E-state index is 0. The van der Waals surface area contributed by atoms with E-state index in [0.29, 0.717) is 0 Å². The van der Waals surface area contributed by atoms with E-state index in [1.54, 1.807) is 0 Å². The van der Waals surface area contributed by atoms with Crippen LogP contribution in [0.5, 0.6) is 0 Å². The molecule has 4 nitrogen and oxygen atoms in total. The molecule has 1 atom stereocenters. The maximum absolute atomic E-state index is 8.59. The van der Waals surface area contributed by atoms with Crippen molar-refractivity contribution in [1.82, 2.24) is 0 Å². The van der Waals surface area contributed by atoms with E-state index in [1.165, 1.54) is 18.5 Å². The molecule has 2 N–H and O–H groups in total. The minimum Gasteiger partial charge on any atom is -0.870 e. The fourth-order valence-corrected chi connectivity index (χ4v) is 2.25. The molecule has 7 heteroatoms. The average molecular weight is 255 g/mol. The first kappa shape index (κ1) is 24.3. The molecule has 0 aromatic heterocycles. The molecule has 0 aliphatic rings. The third-order valence-electron chi connectivity index (χ3n) is 1.50. The first-order chi connectivity index (χ1) is 5.08. The molecule has 0 heterocycles. The predicted molar refractivity (Wildman–Crippen MR) is 51.7 cm³/mol. The summed E-state index contributed by atoms with van der Waals surface area (Å²) in [5.74, 6) is 0. The Balaban J connectivity index is -0.0000000600. The summed E-state index contributed by atoms with van der Waals surface area (Å²) in [5.41, 5.74) is 0. The average Bonchev–Trinajstić information content (AvgIpc) is 1.90. The third kappa shape index (κ3) is 31.5. The summed E-state index contributed by atoms with van der Waals surface area (Å²) >= 11 is 0. The summed E-state index contributed by atoms with van der Waals surface area (Å²) in [7, 11) is -2.98. The van der Waals surface area contributed by atoms with Crippen LogP contribution in [0.25, 0.3) is 0 Å². The molecule has 0 spiro atoms. The molecule has 1 unspecified atom stereocenters. The van der Waals surface area contributed by atoms with Crippen molar-refractivity contribution in [3.05, 3.63) is 0 Å². The Morgan fingerprint density at radius 2 is 1.38 bits per heavy atom. The van der Waals surface area contributed by atoms with E-state index in [-0.39, 0.29) is 64.8 Å². The van der Waals surface area contributed by atoms with Crippen LogP contribution in [-0.4, -0.2) is 28.9 Å². The van der Waals surface area contributed by atoms with E-state index < -0.39 is 8.25 Å². The van der Waals surface area contributed by atoms with Crippen LogP contribution in [0.3, 0.4) is 0 Å². The van der Waals surface area contributed by atoms with Gasteiger partial charge >= 0.3 is 59.6 Å². The Labute approximate surface area is 125 Å². The summed E-state index contributed by atoms with van der Waals surface area (Å²) in [6, 6.07) is 0. The Hall–Kier alpha value is 2.05. The van der Waals surface area contributed by atoms with Crippen LogP contribution in [0.1, 0.15) is 20.8 Å². The fourth-order valence-electron chi connectivity index (χ4n) is 0.750. The molecular weight excluding hydrogens is 237 g/mol. The maximum atomic E-state index is 8.59. The van der Waals surface area contributed by atoms with E-state index in [2.05, 4.69) is 20.8 Å². The molecule has 0 rings (SSSR count). The largest absolute Gasteiger partial charge is 1.00 e. The van der Waals surface area contributed by atoms with E-state index in [1.807, 2.05) is 0 Å². The Morgan fingerprint density at radius 3 is 1.38 bits per heavy atom. The summed E-state index contributed by atoms with van der Waals surface area (Å²) < 4.78 is 8.59. The van der Waals surface area contributed by atoms with Gasteiger partial charge in [0, 0.05) is 0 Å². The van der Waals surface area contributed by atoms with Crippen LogP contribution in [0, 0.1) is 0 Å². The van der Waals surface area contributed by atoms with Gasteiger partial charge < -0.3 is 10.4 Å². The zero-order valence-corrected chi connectivity index (χ0v) is 13.8. The van der Waals surface area contributed by atoms with Crippen molar-refractivity contribution in [2.45, 2.75) is 20.8 Å². The van der Waals surface area contributed by atoms with Crippen molar-refractivity contribution in [3.63, 3.8) is 0 Å². The SMILES string of the molecule is CC[PH+](CC)CC.O=[P+]([O-])O.[K+].[OH-]. The van der Waals surface area contributed by atoms with Gasteiger partial charge in [0.2, 0.25) is 0 Å². The van der Waals surface area contributed by atoms with E-state index in [4.69, 9.17) is 14.4 Å². The third-order valence-corrected chi connectivity index (χ3v) is 4.50. The topological polar surface area (TPSA) is 90.4 Å². The van der Waals surface area contributed by atoms with Gasteiger partial charge in [0.15, 0.2) is 0 Å². The number of hydrogen-bond donors (Lipinski definition) is 1. The fraction of sp³-hybridized carbons (Fsp3) is 1.00. The van der Waals surface area contributed by atoms with Gasteiger partial charge in [0.05, 0.1) is 18.5 Å². The second-order valence-electron chi connectivity index (χ2n) is 2.05. The van der Waals surface area contributed by atoms with Crippen LogP contribution in [0.2, 0.25) is 0 Å². The van der Waals surface area contributed by atoms with Crippen molar-refractivity contribution in [3.8, 4) is 0 Å². The van der Waals surface area contributed by atoms with Crippen molar-refractivity contribution < 1.29 is 71.2 Å². The molecule has 0 aromatic carbocycles. The molecule has 0 saturated carbocycles. The molecule has 0 saturated heterocycles. The van der Waals surface area contributed by atoms with Crippen molar-refractivity contribution in [1.29, 1.82) is 0 Å². The Bertz CT molecular complexity index is 91.1. The minimum atomic E-state index is -3.12. The monoisotopic (exact) mass is 255 g/mol. The standard InChI is InChI=1S/C6H15P.K.HO3P.H2O/c1-4-7(5-2)6-3;;1-4(2)3;/h4-6H2,1-3H3;;(H,1,2,3);1H2/q;+1;;. The molecule has 13 heavy (non-hydrogen) atoms. The molecular formula is C6H18KO4P2+. The zero-order chi connectivity index (χ0) is 9.28. The Kier molecular flexibility index (Phi) is 36.7. The summed E-state index contributed by atoms with van der Waals surface area (Å²) in [4.78, 5) is 15.6. The predicted octanol–water partition coefficient (Wildman–Crippen LogP) is -1.92. The van der Waals surface area contributed by atoms with E-state index in [0.717, 1.165) is 0 Å². The quantitative estimate of drug-likeness (QED) is 0.470. The second-order valence-corrected chi connectivity index (χ2v) is 6.15. The van der Waals surface area contributed by atoms with Gasteiger partial charge in [-0.15, -0.1) is 0 Å². The molecule has 0 aromatic rings. The summed E-state index contributed by atoms with van der Waals surface area (Å²) in [6.07, 6.45) is 4.37. The van der Waals surface area contributed by atoms with E-state index in [9.17, 15) is 0 Å². The normalized spacial score (nSPS) is 8.92. The van der Waals surface area contributed by atoms with Crippen LogP contribution in [0.4, 0.5) is 0 Å².